The summed E-state index contributed by atoms with van der Waals surface area (Å²) in [4.78, 5) is 23.7. The Kier molecular flexibility index (Phi) is 5.19. The summed E-state index contributed by atoms with van der Waals surface area (Å²) in [5.74, 6) is -0.808. The normalized spacial score (nSPS) is 10.0. The van der Waals surface area contributed by atoms with E-state index in [0.717, 1.165) is 3.57 Å². The molecule has 108 valence electrons. The Hall–Kier alpha value is -1.60. The Morgan fingerprint density at radius 3 is 2.62 bits per heavy atom. The fourth-order valence-electron chi connectivity index (χ4n) is 1.70. The molecule has 0 spiro atoms. The van der Waals surface area contributed by atoms with Crippen LogP contribution >= 0.6 is 34.2 Å². The molecule has 0 atom stereocenters. The van der Waals surface area contributed by atoms with Gasteiger partial charge in [-0.2, -0.15) is 0 Å². The number of halogens is 2. The monoisotopic (exact) mass is 415 g/mol. The van der Waals surface area contributed by atoms with Gasteiger partial charge >= 0.3 is 5.97 Å². The van der Waals surface area contributed by atoms with Gasteiger partial charge in [0.25, 0.3) is 5.91 Å². The zero-order valence-corrected chi connectivity index (χ0v) is 13.9. The lowest BCUT2D eigenvalue weighted by Crippen LogP contribution is -2.13. The van der Waals surface area contributed by atoms with Gasteiger partial charge in [-0.05, 0) is 59.0 Å². The van der Waals surface area contributed by atoms with Gasteiger partial charge in [-0.1, -0.05) is 17.7 Å². The van der Waals surface area contributed by atoms with Crippen molar-refractivity contribution in [3.05, 3.63) is 62.2 Å². The van der Waals surface area contributed by atoms with Crippen LogP contribution < -0.4 is 5.32 Å². The number of carbonyl (C=O) groups is 2. The van der Waals surface area contributed by atoms with Crippen LogP contribution in [0.15, 0.2) is 42.5 Å². The van der Waals surface area contributed by atoms with Gasteiger partial charge in [0, 0.05) is 14.8 Å². The Morgan fingerprint density at radius 2 is 1.95 bits per heavy atom. The highest BCUT2D eigenvalue weighted by molar-refractivity contribution is 14.1. The number of esters is 1. The summed E-state index contributed by atoms with van der Waals surface area (Å²) in [6.45, 7) is 0. The van der Waals surface area contributed by atoms with Crippen molar-refractivity contribution >= 4 is 51.8 Å². The van der Waals surface area contributed by atoms with Gasteiger partial charge in [0.2, 0.25) is 0 Å². The number of nitrogens with one attached hydrogen (secondary N) is 1. The molecule has 0 bridgehead atoms. The van der Waals surface area contributed by atoms with Crippen LogP contribution in [-0.2, 0) is 4.74 Å². The van der Waals surface area contributed by atoms with E-state index >= 15 is 0 Å². The van der Waals surface area contributed by atoms with Crippen molar-refractivity contribution < 1.29 is 14.3 Å². The maximum absolute atomic E-state index is 12.1. The molecule has 21 heavy (non-hydrogen) atoms. The fourth-order valence-corrected chi connectivity index (χ4v) is 2.44. The van der Waals surface area contributed by atoms with E-state index in [4.69, 9.17) is 11.6 Å². The number of ether oxygens (including phenoxy) is 1. The molecule has 2 aromatic carbocycles. The second-order valence-corrected chi connectivity index (χ2v) is 5.80. The first-order valence-electron chi connectivity index (χ1n) is 5.96. The summed E-state index contributed by atoms with van der Waals surface area (Å²) >= 11 is 8.06. The lowest BCUT2D eigenvalue weighted by Gasteiger charge is -2.08. The number of hydrogen-bond acceptors (Lipinski definition) is 3. The van der Waals surface area contributed by atoms with Gasteiger partial charge in [0.1, 0.15) is 0 Å². The summed E-state index contributed by atoms with van der Waals surface area (Å²) in [7, 11) is 1.27. The van der Waals surface area contributed by atoms with Crippen LogP contribution in [0.3, 0.4) is 0 Å². The maximum atomic E-state index is 12.1. The van der Waals surface area contributed by atoms with Crippen LogP contribution in [0, 0.1) is 3.57 Å². The van der Waals surface area contributed by atoms with Gasteiger partial charge in [-0.25, -0.2) is 4.79 Å². The molecule has 6 heteroatoms. The predicted molar refractivity (Wildman–Crippen MR) is 89.9 cm³/mol. The smallest absolute Gasteiger partial charge is 0.339 e. The van der Waals surface area contributed by atoms with E-state index in [1.165, 1.54) is 19.2 Å². The highest BCUT2D eigenvalue weighted by atomic mass is 127. The Bertz CT molecular complexity index is 703. The third kappa shape index (κ3) is 3.95. The Morgan fingerprint density at radius 1 is 1.19 bits per heavy atom. The van der Waals surface area contributed by atoms with Crippen LogP contribution in [0.25, 0.3) is 0 Å². The van der Waals surface area contributed by atoms with Crippen LogP contribution in [0.5, 0.6) is 0 Å². The van der Waals surface area contributed by atoms with E-state index in [2.05, 4.69) is 32.6 Å². The maximum Gasteiger partial charge on any atom is 0.339 e. The quantitative estimate of drug-likeness (QED) is 0.609. The third-order valence-electron chi connectivity index (χ3n) is 2.72. The van der Waals surface area contributed by atoms with Crippen molar-refractivity contribution in [2.75, 3.05) is 12.4 Å². The summed E-state index contributed by atoms with van der Waals surface area (Å²) in [6, 6.07) is 11.8. The van der Waals surface area contributed by atoms with Gasteiger partial charge in [-0.15, -0.1) is 0 Å². The minimum Gasteiger partial charge on any atom is -0.465 e. The molecular weight excluding hydrogens is 405 g/mol. The number of rotatable bonds is 3. The van der Waals surface area contributed by atoms with E-state index in [9.17, 15) is 9.59 Å². The minimum atomic E-state index is -0.551. The van der Waals surface area contributed by atoms with E-state index in [-0.39, 0.29) is 16.5 Å². The minimum absolute atomic E-state index is 0.208. The molecule has 0 radical (unpaired) electrons. The van der Waals surface area contributed by atoms with Crippen LogP contribution in [-0.4, -0.2) is 19.0 Å². The first-order chi connectivity index (χ1) is 10.0. The van der Waals surface area contributed by atoms with Gasteiger partial charge in [0.15, 0.2) is 0 Å². The molecule has 0 unspecified atom stereocenters. The van der Waals surface area contributed by atoms with Crippen molar-refractivity contribution in [2.24, 2.45) is 0 Å². The molecule has 0 aliphatic rings. The molecule has 0 saturated carbocycles. The molecule has 0 fully saturated rings. The summed E-state index contributed by atoms with van der Waals surface area (Å²) in [5.41, 5.74) is 1.22. The summed E-state index contributed by atoms with van der Waals surface area (Å²) in [5, 5.41) is 3.00. The molecule has 4 nitrogen and oxygen atoms in total. The van der Waals surface area contributed by atoms with Crippen molar-refractivity contribution in [1.82, 2.24) is 0 Å². The van der Waals surface area contributed by atoms with Gasteiger partial charge in [0.05, 0.1) is 17.7 Å². The molecule has 1 amide bonds. The molecule has 0 aromatic heterocycles. The highest BCUT2D eigenvalue weighted by Crippen LogP contribution is 2.22. The van der Waals surface area contributed by atoms with Crippen LogP contribution in [0.1, 0.15) is 20.7 Å². The van der Waals surface area contributed by atoms with Gasteiger partial charge < -0.3 is 10.1 Å². The number of amides is 1. The van der Waals surface area contributed by atoms with E-state index in [0.29, 0.717) is 11.3 Å². The molecule has 0 saturated heterocycles. The van der Waals surface area contributed by atoms with Crippen LogP contribution in [0.4, 0.5) is 5.69 Å². The van der Waals surface area contributed by atoms with E-state index in [1.807, 2.05) is 6.07 Å². The van der Waals surface area contributed by atoms with Gasteiger partial charge in [-0.3, -0.25) is 4.79 Å². The number of benzene rings is 2. The second kappa shape index (κ2) is 6.91. The van der Waals surface area contributed by atoms with Crippen molar-refractivity contribution in [2.45, 2.75) is 0 Å². The zero-order chi connectivity index (χ0) is 15.4. The molecule has 0 aliphatic carbocycles. The third-order valence-corrected chi connectivity index (χ3v) is 3.72. The topological polar surface area (TPSA) is 55.4 Å². The Balaban J connectivity index is 2.24. The average molecular weight is 416 g/mol. The first-order valence-corrected chi connectivity index (χ1v) is 7.41. The number of methoxy groups -OCH3 is 1. The number of hydrogen-bond donors (Lipinski definition) is 1. The van der Waals surface area contributed by atoms with E-state index < -0.39 is 5.97 Å². The zero-order valence-electron chi connectivity index (χ0n) is 11.0. The Labute approximate surface area is 140 Å². The highest BCUT2D eigenvalue weighted by Gasteiger charge is 2.13. The standard InChI is InChI=1S/C15H11ClINO3/c1-21-15(20)12-8-11(5-6-13(12)16)18-14(19)9-3-2-4-10(17)7-9/h2-8H,1H3,(H,18,19). The molecular formula is C15H11ClINO3. The number of carbonyl (C=O) groups excluding carboxylic acids is 2. The fraction of sp³-hybridized carbons (Fsp3) is 0.0667. The molecule has 2 rings (SSSR count). The molecule has 1 N–H and O–H groups in total. The lowest BCUT2D eigenvalue weighted by molar-refractivity contribution is 0.0600. The van der Waals surface area contributed by atoms with E-state index in [1.54, 1.807) is 24.3 Å². The van der Waals surface area contributed by atoms with Crippen molar-refractivity contribution in [1.29, 1.82) is 0 Å². The summed E-state index contributed by atoms with van der Waals surface area (Å²) < 4.78 is 5.60. The molecule has 2 aromatic rings. The second-order valence-electron chi connectivity index (χ2n) is 4.15. The predicted octanol–water partition coefficient (Wildman–Crippen LogP) is 3.98. The first kappa shape index (κ1) is 15.8. The molecule has 0 heterocycles. The SMILES string of the molecule is COC(=O)c1cc(NC(=O)c2cccc(I)c2)ccc1Cl. The average Bonchev–Trinajstić information content (AvgIpc) is 2.48. The molecule has 0 aliphatic heterocycles. The van der Waals surface area contributed by atoms with Crippen LogP contribution in [0.2, 0.25) is 5.02 Å². The van der Waals surface area contributed by atoms with Crippen molar-refractivity contribution in [3.63, 3.8) is 0 Å². The summed E-state index contributed by atoms with van der Waals surface area (Å²) in [6.07, 6.45) is 0. The largest absolute Gasteiger partial charge is 0.465 e. The van der Waals surface area contributed by atoms with Crippen molar-refractivity contribution in [3.8, 4) is 0 Å². The lowest BCUT2D eigenvalue weighted by atomic mass is 10.1. The number of anilines is 1.